The SMILES string of the molecule is CCn1ccnc1N1CCN(C(=O)CSCc2ccccc2)CC1. The highest BCUT2D eigenvalue weighted by atomic mass is 32.2. The van der Waals surface area contributed by atoms with Crippen LogP contribution in [-0.4, -0.2) is 52.3 Å². The second kappa shape index (κ2) is 8.24. The minimum Gasteiger partial charge on any atom is -0.339 e. The first kappa shape index (κ1) is 16.9. The number of amides is 1. The number of nitrogens with zero attached hydrogens (tertiary/aromatic N) is 4. The number of carbonyl (C=O) groups excluding carboxylic acids is 1. The first-order valence-corrected chi connectivity index (χ1v) is 9.59. The van der Waals surface area contributed by atoms with Gasteiger partial charge in [-0.05, 0) is 12.5 Å². The zero-order valence-electron chi connectivity index (χ0n) is 14.1. The third-order valence-electron chi connectivity index (χ3n) is 4.29. The van der Waals surface area contributed by atoms with E-state index in [2.05, 4.69) is 33.5 Å². The summed E-state index contributed by atoms with van der Waals surface area (Å²) in [6.07, 6.45) is 3.85. The van der Waals surface area contributed by atoms with Gasteiger partial charge in [-0.2, -0.15) is 0 Å². The van der Waals surface area contributed by atoms with Crippen molar-refractivity contribution < 1.29 is 4.79 Å². The summed E-state index contributed by atoms with van der Waals surface area (Å²) in [5, 5.41) is 0. The van der Waals surface area contributed by atoms with Gasteiger partial charge in [-0.25, -0.2) is 4.98 Å². The molecule has 1 aliphatic rings. The summed E-state index contributed by atoms with van der Waals surface area (Å²) in [6.45, 7) is 6.31. The number of hydrogen-bond donors (Lipinski definition) is 0. The van der Waals surface area contributed by atoms with Gasteiger partial charge >= 0.3 is 0 Å². The van der Waals surface area contributed by atoms with Crippen LogP contribution in [0.1, 0.15) is 12.5 Å². The average Bonchev–Trinajstić information content (AvgIpc) is 3.11. The molecule has 0 bridgehead atoms. The Morgan fingerprint density at radius 1 is 1.17 bits per heavy atom. The Labute approximate surface area is 147 Å². The monoisotopic (exact) mass is 344 g/mol. The van der Waals surface area contributed by atoms with Crippen LogP contribution in [0.3, 0.4) is 0 Å². The lowest BCUT2D eigenvalue weighted by atomic mass is 10.2. The highest BCUT2D eigenvalue weighted by molar-refractivity contribution is 7.99. The molecule has 0 unspecified atom stereocenters. The van der Waals surface area contributed by atoms with Gasteiger partial charge in [-0.1, -0.05) is 30.3 Å². The molecule has 1 fully saturated rings. The van der Waals surface area contributed by atoms with Gasteiger partial charge in [0.05, 0.1) is 5.75 Å². The number of rotatable bonds is 6. The van der Waals surface area contributed by atoms with Gasteiger partial charge < -0.3 is 14.4 Å². The average molecular weight is 344 g/mol. The van der Waals surface area contributed by atoms with Crippen LogP contribution in [0.25, 0.3) is 0 Å². The second-order valence-corrected chi connectivity index (χ2v) is 6.85. The number of imidazole rings is 1. The summed E-state index contributed by atoms with van der Waals surface area (Å²) in [7, 11) is 0. The molecule has 1 aromatic heterocycles. The smallest absolute Gasteiger partial charge is 0.232 e. The van der Waals surface area contributed by atoms with E-state index in [1.54, 1.807) is 11.8 Å². The van der Waals surface area contributed by atoms with E-state index in [1.807, 2.05) is 35.5 Å². The fraction of sp³-hybridized carbons (Fsp3) is 0.444. The Kier molecular flexibility index (Phi) is 5.80. The Balaban J connectivity index is 1.43. The first-order valence-electron chi connectivity index (χ1n) is 8.43. The number of hydrogen-bond acceptors (Lipinski definition) is 4. The Morgan fingerprint density at radius 3 is 2.62 bits per heavy atom. The number of piperazine rings is 1. The van der Waals surface area contributed by atoms with E-state index >= 15 is 0 Å². The lowest BCUT2D eigenvalue weighted by molar-refractivity contribution is -0.128. The molecule has 1 saturated heterocycles. The highest BCUT2D eigenvalue weighted by Crippen LogP contribution is 2.16. The number of carbonyl (C=O) groups is 1. The molecule has 24 heavy (non-hydrogen) atoms. The highest BCUT2D eigenvalue weighted by Gasteiger charge is 2.23. The normalized spacial score (nSPS) is 14.9. The van der Waals surface area contributed by atoms with Gasteiger partial charge in [0.25, 0.3) is 0 Å². The molecule has 2 heterocycles. The summed E-state index contributed by atoms with van der Waals surface area (Å²) in [6, 6.07) is 10.3. The van der Waals surface area contributed by atoms with E-state index in [1.165, 1.54) is 5.56 Å². The summed E-state index contributed by atoms with van der Waals surface area (Å²) in [5.74, 6) is 2.70. The molecule has 2 aromatic rings. The van der Waals surface area contributed by atoms with E-state index in [0.717, 1.165) is 44.4 Å². The molecule has 0 spiro atoms. The molecule has 3 rings (SSSR count). The van der Waals surface area contributed by atoms with E-state index < -0.39 is 0 Å². The van der Waals surface area contributed by atoms with Crippen LogP contribution >= 0.6 is 11.8 Å². The molecule has 0 saturated carbocycles. The molecule has 128 valence electrons. The Hall–Kier alpha value is -1.95. The van der Waals surface area contributed by atoms with E-state index in [-0.39, 0.29) is 5.91 Å². The van der Waals surface area contributed by atoms with Gasteiger partial charge in [0.15, 0.2) is 0 Å². The van der Waals surface area contributed by atoms with Gasteiger partial charge in [0.1, 0.15) is 0 Å². The van der Waals surface area contributed by atoms with Gasteiger partial charge in [0, 0.05) is 50.9 Å². The zero-order valence-corrected chi connectivity index (χ0v) is 14.9. The van der Waals surface area contributed by atoms with Crippen molar-refractivity contribution in [3.63, 3.8) is 0 Å². The van der Waals surface area contributed by atoms with Crippen LogP contribution in [0.2, 0.25) is 0 Å². The Bertz CT molecular complexity index is 650. The van der Waals surface area contributed by atoms with E-state index in [9.17, 15) is 4.79 Å². The molecule has 1 aliphatic heterocycles. The molecular formula is C18H24N4OS. The van der Waals surface area contributed by atoms with Crippen LogP contribution in [0.4, 0.5) is 5.95 Å². The minimum absolute atomic E-state index is 0.245. The fourth-order valence-electron chi connectivity index (χ4n) is 2.91. The topological polar surface area (TPSA) is 41.4 Å². The first-order chi connectivity index (χ1) is 11.8. The lowest BCUT2D eigenvalue weighted by Gasteiger charge is -2.35. The van der Waals surface area contributed by atoms with Crippen molar-refractivity contribution in [3.05, 3.63) is 48.3 Å². The van der Waals surface area contributed by atoms with Crippen molar-refractivity contribution in [2.24, 2.45) is 0 Å². The van der Waals surface area contributed by atoms with Crippen LogP contribution < -0.4 is 4.90 Å². The molecule has 0 N–H and O–H groups in total. The predicted molar refractivity (Wildman–Crippen MR) is 99.3 cm³/mol. The van der Waals surface area contributed by atoms with Crippen molar-refractivity contribution in [2.75, 3.05) is 36.8 Å². The van der Waals surface area contributed by atoms with Gasteiger partial charge in [-0.15, -0.1) is 11.8 Å². The van der Waals surface area contributed by atoms with Crippen molar-refractivity contribution in [3.8, 4) is 0 Å². The molecule has 5 nitrogen and oxygen atoms in total. The standard InChI is InChI=1S/C18H24N4OS/c1-2-20-9-8-19-18(20)22-12-10-21(11-13-22)17(23)15-24-14-16-6-4-3-5-7-16/h3-9H,2,10-15H2,1H3. The number of thioether (sulfide) groups is 1. The van der Waals surface area contributed by atoms with Gasteiger partial charge in [-0.3, -0.25) is 4.79 Å². The fourth-order valence-corrected chi connectivity index (χ4v) is 3.80. The molecule has 0 radical (unpaired) electrons. The quantitative estimate of drug-likeness (QED) is 0.807. The Morgan fingerprint density at radius 2 is 1.92 bits per heavy atom. The molecule has 6 heteroatoms. The number of benzene rings is 1. The number of aromatic nitrogens is 2. The molecule has 0 atom stereocenters. The van der Waals surface area contributed by atoms with Gasteiger partial charge in [0.2, 0.25) is 11.9 Å². The van der Waals surface area contributed by atoms with Crippen LogP contribution in [0, 0.1) is 0 Å². The van der Waals surface area contributed by atoms with E-state index in [0.29, 0.717) is 5.75 Å². The van der Waals surface area contributed by atoms with Crippen molar-refractivity contribution in [1.82, 2.24) is 14.5 Å². The van der Waals surface area contributed by atoms with Crippen LogP contribution in [0.15, 0.2) is 42.7 Å². The van der Waals surface area contributed by atoms with Crippen molar-refractivity contribution >= 4 is 23.6 Å². The van der Waals surface area contributed by atoms with E-state index in [4.69, 9.17) is 0 Å². The van der Waals surface area contributed by atoms with Crippen molar-refractivity contribution in [2.45, 2.75) is 19.2 Å². The van der Waals surface area contributed by atoms with Crippen LogP contribution in [-0.2, 0) is 17.1 Å². The molecular weight excluding hydrogens is 320 g/mol. The number of aryl methyl sites for hydroxylation is 1. The lowest BCUT2D eigenvalue weighted by Crippen LogP contribution is -2.50. The third-order valence-corrected chi connectivity index (χ3v) is 5.28. The number of anilines is 1. The third kappa shape index (κ3) is 4.12. The summed E-state index contributed by atoms with van der Waals surface area (Å²) < 4.78 is 2.15. The minimum atomic E-state index is 0.245. The predicted octanol–water partition coefficient (Wildman–Crippen LogP) is 2.49. The largest absolute Gasteiger partial charge is 0.339 e. The van der Waals surface area contributed by atoms with Crippen LogP contribution in [0.5, 0.6) is 0 Å². The summed E-state index contributed by atoms with van der Waals surface area (Å²) in [4.78, 5) is 21.1. The zero-order chi connectivity index (χ0) is 16.8. The molecule has 0 aliphatic carbocycles. The van der Waals surface area contributed by atoms with Crippen molar-refractivity contribution in [1.29, 1.82) is 0 Å². The maximum Gasteiger partial charge on any atom is 0.232 e. The maximum absolute atomic E-state index is 12.4. The second-order valence-electron chi connectivity index (χ2n) is 5.86. The maximum atomic E-state index is 12.4. The molecule has 1 aromatic carbocycles. The molecule has 1 amide bonds. The summed E-state index contributed by atoms with van der Waals surface area (Å²) >= 11 is 1.69. The summed E-state index contributed by atoms with van der Waals surface area (Å²) in [5.41, 5.74) is 1.27.